The minimum atomic E-state index is -3.21. The van der Waals surface area contributed by atoms with Crippen LogP contribution < -0.4 is 5.32 Å². The number of aryl methyl sites for hydroxylation is 1. The van der Waals surface area contributed by atoms with E-state index < -0.39 is 42.7 Å². The van der Waals surface area contributed by atoms with Crippen LogP contribution in [0.2, 0.25) is 0 Å². The van der Waals surface area contributed by atoms with Gasteiger partial charge >= 0.3 is 0 Å². The number of unbranched alkanes of at least 4 members (excludes halogenated alkanes) is 1. The summed E-state index contributed by atoms with van der Waals surface area (Å²) in [6, 6.07) is 1.89. The number of rotatable bonds is 9. The number of likely N-dealkylation sites (tertiary alicyclic amines) is 1. The van der Waals surface area contributed by atoms with Crippen LogP contribution in [-0.2, 0) is 14.4 Å². The summed E-state index contributed by atoms with van der Waals surface area (Å²) in [4.78, 5) is 41.2. The first-order chi connectivity index (χ1) is 13.7. The van der Waals surface area contributed by atoms with Gasteiger partial charge in [-0.25, -0.2) is 18.8 Å². The molecule has 1 aromatic heterocycles. The van der Waals surface area contributed by atoms with E-state index in [1.165, 1.54) is 6.20 Å². The average Bonchev–Trinajstić information content (AvgIpc) is 3.01. The third kappa shape index (κ3) is 6.18. The zero-order chi connectivity index (χ0) is 21.6. The third-order valence-electron chi connectivity index (χ3n) is 4.80. The fraction of sp³-hybridized carbons (Fsp3) is 0.579. The van der Waals surface area contributed by atoms with Crippen molar-refractivity contribution in [1.29, 1.82) is 0 Å². The normalized spacial score (nSPS) is 18.9. The summed E-state index contributed by atoms with van der Waals surface area (Å²) in [5.74, 6) is -5.33. The lowest BCUT2D eigenvalue weighted by atomic mass is 9.99. The molecule has 1 aliphatic heterocycles. The van der Waals surface area contributed by atoms with Gasteiger partial charge in [-0.2, -0.15) is 0 Å². The van der Waals surface area contributed by atoms with Gasteiger partial charge in [0.1, 0.15) is 11.9 Å². The van der Waals surface area contributed by atoms with Gasteiger partial charge in [-0.15, -0.1) is 0 Å². The Labute approximate surface area is 169 Å². The Balaban J connectivity index is 0.00000450. The van der Waals surface area contributed by atoms with Crippen molar-refractivity contribution in [2.24, 2.45) is 5.92 Å². The number of carbonyl (C=O) groups excluding carboxylic acids is 3. The van der Waals surface area contributed by atoms with E-state index in [-0.39, 0.29) is 20.2 Å². The summed E-state index contributed by atoms with van der Waals surface area (Å²) in [6.45, 7) is 2.50. The molecule has 0 unspecified atom stereocenters. The van der Waals surface area contributed by atoms with Gasteiger partial charge in [-0.1, -0.05) is 25.8 Å². The lowest BCUT2D eigenvalue weighted by Crippen LogP contribution is -2.47. The second-order valence-electron chi connectivity index (χ2n) is 7.32. The van der Waals surface area contributed by atoms with Crippen LogP contribution in [0.1, 0.15) is 39.6 Å². The van der Waals surface area contributed by atoms with Crippen molar-refractivity contribution in [3.63, 3.8) is 0 Å². The van der Waals surface area contributed by atoms with Crippen LogP contribution >= 0.6 is 0 Å². The molecule has 1 fully saturated rings. The molecule has 0 bridgehead atoms. The maximum atomic E-state index is 14.1. The van der Waals surface area contributed by atoms with Gasteiger partial charge in [-0.3, -0.25) is 19.6 Å². The molecule has 0 saturated carbocycles. The van der Waals surface area contributed by atoms with Crippen molar-refractivity contribution in [2.75, 3.05) is 18.4 Å². The maximum absolute atomic E-state index is 14.1. The van der Waals surface area contributed by atoms with Gasteiger partial charge in [0.2, 0.25) is 18.2 Å². The zero-order valence-electron chi connectivity index (χ0n) is 16.5. The second-order valence-corrected chi connectivity index (χ2v) is 7.32. The van der Waals surface area contributed by atoms with Crippen LogP contribution in [0.15, 0.2) is 18.3 Å². The molecule has 2 heterocycles. The molecule has 2 atom stereocenters. The molecule has 0 radical (unpaired) electrons. The molecular weight excluding hydrogens is 386 g/mol. The Morgan fingerprint density at radius 1 is 1.52 bits per heavy atom. The fourth-order valence-electron chi connectivity index (χ4n) is 3.28. The highest BCUT2D eigenvalue weighted by Gasteiger charge is 2.51. The van der Waals surface area contributed by atoms with Crippen LogP contribution in [0.4, 0.5) is 14.6 Å². The van der Waals surface area contributed by atoms with Gasteiger partial charge in [-0.05, 0) is 25.0 Å². The van der Waals surface area contributed by atoms with Crippen molar-refractivity contribution in [3.05, 3.63) is 23.9 Å². The van der Waals surface area contributed by atoms with Crippen LogP contribution in [-0.4, -0.2) is 63.4 Å². The van der Waals surface area contributed by atoms with Crippen LogP contribution in [0.25, 0.3) is 0 Å². The van der Waals surface area contributed by atoms with E-state index in [2.05, 4.69) is 10.3 Å². The Bertz CT molecular complexity index is 736. The number of nitrogens with one attached hydrogen (secondary N) is 1. The Morgan fingerprint density at radius 2 is 2.24 bits per heavy atom. The third-order valence-corrected chi connectivity index (χ3v) is 4.80. The van der Waals surface area contributed by atoms with E-state index >= 15 is 0 Å². The van der Waals surface area contributed by atoms with Crippen LogP contribution in [0, 0.1) is 12.8 Å². The number of alkyl halides is 2. The van der Waals surface area contributed by atoms with E-state index in [4.69, 9.17) is 0 Å². The zero-order valence-corrected chi connectivity index (χ0v) is 16.5. The van der Waals surface area contributed by atoms with E-state index in [1.807, 2.05) is 13.8 Å². The first-order valence-electron chi connectivity index (χ1n) is 9.49. The Kier molecular flexibility index (Phi) is 7.60. The lowest BCUT2D eigenvalue weighted by molar-refractivity contribution is -0.158. The molecule has 2 N–H and O–H groups in total. The van der Waals surface area contributed by atoms with Gasteiger partial charge in [0.15, 0.2) is 0 Å². The highest BCUT2D eigenvalue weighted by Crippen LogP contribution is 2.34. The monoisotopic (exact) mass is 414 g/mol. The van der Waals surface area contributed by atoms with Crippen molar-refractivity contribution in [1.82, 2.24) is 14.9 Å². The first kappa shape index (κ1) is 22.7. The number of anilines is 1. The molecule has 0 aromatic carbocycles. The molecule has 1 aromatic rings. The molecule has 162 valence electrons. The summed E-state index contributed by atoms with van der Waals surface area (Å²) in [6.07, 6.45) is 2.53. The lowest BCUT2D eigenvalue weighted by Gasteiger charge is -2.28. The standard InChI is InChI=1S/C19H26F2N4O4.H2/c1-3-4-5-14(10-24(29)12-26)18(28)25-11-19(20,21)8-15(25)17(27)23-16-7-6-13(2)9-22-16;/h6-7,9,12,14-15,29H,3-5,8,10-11H2,1-2H3,(H,22,23,27);1H/t14-,15+;/m1./s1. The molecule has 2 rings (SSSR count). The first-order valence-corrected chi connectivity index (χ1v) is 9.49. The number of aromatic nitrogens is 1. The summed E-state index contributed by atoms with van der Waals surface area (Å²) < 4.78 is 28.2. The van der Waals surface area contributed by atoms with Crippen molar-refractivity contribution >= 4 is 24.0 Å². The predicted molar refractivity (Wildman–Crippen MR) is 102 cm³/mol. The molecule has 1 saturated heterocycles. The number of amides is 3. The minimum absolute atomic E-state index is 0. The number of halogens is 2. The fourth-order valence-corrected chi connectivity index (χ4v) is 3.28. The number of nitrogens with zero attached hydrogens (tertiary/aromatic N) is 3. The summed E-state index contributed by atoms with van der Waals surface area (Å²) in [7, 11) is 0. The van der Waals surface area contributed by atoms with Crippen LogP contribution in [0.5, 0.6) is 0 Å². The van der Waals surface area contributed by atoms with E-state index in [0.717, 1.165) is 16.9 Å². The van der Waals surface area contributed by atoms with Gasteiger partial charge in [0.05, 0.1) is 19.0 Å². The molecular formula is C19H28F2N4O4. The Hall–Kier alpha value is -2.62. The molecule has 29 heavy (non-hydrogen) atoms. The molecule has 10 heteroatoms. The van der Waals surface area contributed by atoms with E-state index in [9.17, 15) is 28.4 Å². The number of carbonyl (C=O) groups is 3. The number of hydroxylamine groups is 2. The largest absolute Gasteiger partial charge is 0.324 e. The molecule has 3 amide bonds. The molecule has 0 aliphatic carbocycles. The highest BCUT2D eigenvalue weighted by molar-refractivity contribution is 5.97. The molecule has 1 aliphatic rings. The van der Waals surface area contributed by atoms with Gasteiger partial charge < -0.3 is 10.2 Å². The number of hydrogen-bond donors (Lipinski definition) is 2. The van der Waals surface area contributed by atoms with Crippen molar-refractivity contribution in [2.45, 2.75) is 51.5 Å². The van der Waals surface area contributed by atoms with Crippen LogP contribution in [0.3, 0.4) is 0 Å². The summed E-state index contributed by atoms with van der Waals surface area (Å²) >= 11 is 0. The second kappa shape index (κ2) is 9.73. The van der Waals surface area contributed by atoms with Gasteiger partial charge in [0, 0.05) is 14.0 Å². The maximum Gasteiger partial charge on any atom is 0.267 e. The minimum Gasteiger partial charge on any atom is -0.324 e. The quantitative estimate of drug-likeness (QED) is 0.367. The van der Waals surface area contributed by atoms with Crippen molar-refractivity contribution < 1.29 is 29.8 Å². The summed E-state index contributed by atoms with van der Waals surface area (Å²) in [5.41, 5.74) is 0.870. The summed E-state index contributed by atoms with van der Waals surface area (Å²) in [5, 5.41) is 12.3. The molecule has 0 spiro atoms. The highest BCUT2D eigenvalue weighted by atomic mass is 19.3. The predicted octanol–water partition coefficient (Wildman–Crippen LogP) is 2.46. The Morgan fingerprint density at radius 3 is 2.83 bits per heavy atom. The SMILES string of the molecule is CCCC[C@H](CN(O)C=O)C(=O)N1CC(F)(F)C[C@H]1C(=O)Nc1ccc(C)cn1.[HH]. The average molecular weight is 414 g/mol. The van der Waals surface area contributed by atoms with E-state index in [1.54, 1.807) is 12.1 Å². The smallest absolute Gasteiger partial charge is 0.267 e. The van der Waals surface area contributed by atoms with Crippen molar-refractivity contribution in [3.8, 4) is 0 Å². The van der Waals surface area contributed by atoms with E-state index in [0.29, 0.717) is 17.9 Å². The molecule has 8 nitrogen and oxygen atoms in total. The number of pyridine rings is 1. The van der Waals surface area contributed by atoms with Gasteiger partial charge in [0.25, 0.3) is 5.92 Å². The topological polar surface area (TPSA) is 103 Å². The number of hydrogen-bond acceptors (Lipinski definition) is 5.